The minimum Gasteiger partial charge on any atom is -0.496 e. The van der Waals surface area contributed by atoms with Crippen LogP contribution in [0.5, 0.6) is 5.75 Å². The first-order chi connectivity index (χ1) is 12.1. The molecule has 0 bridgehead atoms. The van der Waals surface area contributed by atoms with E-state index >= 15 is 0 Å². The molecule has 0 aliphatic carbocycles. The van der Waals surface area contributed by atoms with Crippen LogP contribution in [0, 0.1) is 0 Å². The van der Waals surface area contributed by atoms with Crippen molar-refractivity contribution >= 4 is 46.0 Å². The summed E-state index contributed by atoms with van der Waals surface area (Å²) >= 11 is 6.31. The number of ether oxygens (including phenoxy) is 1. The number of fused-ring (bicyclic) bond motifs is 1. The highest BCUT2D eigenvalue weighted by atomic mass is 32.2. The highest BCUT2D eigenvalue weighted by Crippen LogP contribution is 2.34. The number of benzene rings is 2. The number of rotatable bonds is 3. The molecule has 2 aliphatic heterocycles. The van der Waals surface area contributed by atoms with Crippen LogP contribution >= 0.6 is 24.0 Å². The Balaban J connectivity index is 1.62. The van der Waals surface area contributed by atoms with Gasteiger partial charge in [-0.1, -0.05) is 48.2 Å². The van der Waals surface area contributed by atoms with Crippen molar-refractivity contribution in [1.82, 2.24) is 5.32 Å². The smallest absolute Gasteiger partial charge is 0.263 e. The van der Waals surface area contributed by atoms with Gasteiger partial charge in [-0.25, -0.2) is 0 Å². The molecule has 4 rings (SSSR count). The van der Waals surface area contributed by atoms with Crippen molar-refractivity contribution in [2.24, 2.45) is 0 Å². The van der Waals surface area contributed by atoms with Crippen LogP contribution in [0.2, 0.25) is 0 Å². The van der Waals surface area contributed by atoms with Crippen molar-refractivity contribution < 1.29 is 9.53 Å². The molecule has 2 aliphatic rings. The molecule has 0 atom stereocenters. The van der Waals surface area contributed by atoms with Gasteiger partial charge in [0.2, 0.25) is 0 Å². The number of anilines is 1. The minimum atomic E-state index is -0.156. The maximum absolute atomic E-state index is 11.9. The Hall–Kier alpha value is -2.31. The molecule has 1 fully saturated rings. The number of nitrogens with zero attached hydrogens (tertiary/aromatic N) is 1. The lowest BCUT2D eigenvalue weighted by Gasteiger charge is -2.19. The van der Waals surface area contributed by atoms with E-state index in [-0.39, 0.29) is 5.91 Å². The number of carbonyl (C=O) groups excluding carboxylic acids is 1. The number of hydrogen-bond acceptors (Lipinski definition) is 5. The second-order valence-electron chi connectivity index (χ2n) is 5.90. The maximum Gasteiger partial charge on any atom is 0.263 e. The van der Waals surface area contributed by atoms with Gasteiger partial charge in [-0.05, 0) is 29.3 Å². The van der Waals surface area contributed by atoms with Gasteiger partial charge in [0.15, 0.2) is 0 Å². The Bertz CT molecular complexity index is 883. The van der Waals surface area contributed by atoms with Crippen LogP contribution in [0.4, 0.5) is 5.69 Å². The lowest BCUT2D eigenvalue weighted by molar-refractivity contribution is -0.115. The molecule has 2 heterocycles. The van der Waals surface area contributed by atoms with E-state index in [2.05, 4.69) is 40.5 Å². The number of thiocarbonyl (C=S) groups is 1. The minimum absolute atomic E-state index is 0.156. The van der Waals surface area contributed by atoms with Gasteiger partial charge in [0.05, 0.1) is 12.0 Å². The van der Waals surface area contributed by atoms with E-state index in [1.54, 1.807) is 7.11 Å². The molecular weight excluding hydrogens is 352 g/mol. The maximum atomic E-state index is 11.9. The van der Waals surface area contributed by atoms with Crippen molar-refractivity contribution in [3.8, 4) is 5.75 Å². The number of nitrogens with one attached hydrogen (secondary N) is 1. The zero-order chi connectivity index (χ0) is 17.4. The summed E-state index contributed by atoms with van der Waals surface area (Å²) in [5, 5.41) is 2.63. The zero-order valence-corrected chi connectivity index (χ0v) is 15.2. The third-order valence-electron chi connectivity index (χ3n) is 4.35. The summed E-state index contributed by atoms with van der Waals surface area (Å²) in [6.07, 6.45) is 1.82. The van der Waals surface area contributed by atoms with Crippen molar-refractivity contribution in [3.63, 3.8) is 0 Å². The number of carbonyl (C=O) groups is 1. The van der Waals surface area contributed by atoms with E-state index in [4.69, 9.17) is 17.0 Å². The SMILES string of the molecule is COc1cc(N2Cc3ccccc3C2)ccc1C=C1SC(=S)NC1=O. The van der Waals surface area contributed by atoms with Crippen LogP contribution in [0.3, 0.4) is 0 Å². The van der Waals surface area contributed by atoms with Crippen LogP contribution in [0.15, 0.2) is 47.4 Å². The molecule has 1 amide bonds. The standard InChI is InChI=1S/C19H16N2O2S2/c1-23-16-9-15(21-10-13-4-2-3-5-14(13)11-21)7-6-12(16)8-17-18(22)20-19(24)25-17/h2-9H,10-11H2,1H3,(H,20,22,24). The first-order valence-corrected chi connectivity index (χ1v) is 9.11. The molecule has 0 spiro atoms. The summed E-state index contributed by atoms with van der Waals surface area (Å²) in [6.45, 7) is 1.79. The van der Waals surface area contributed by atoms with E-state index in [0.29, 0.717) is 9.23 Å². The van der Waals surface area contributed by atoms with E-state index in [1.165, 1.54) is 22.9 Å². The first-order valence-electron chi connectivity index (χ1n) is 7.88. The number of thioether (sulfide) groups is 1. The van der Waals surface area contributed by atoms with E-state index < -0.39 is 0 Å². The molecule has 0 aromatic heterocycles. The van der Waals surface area contributed by atoms with Gasteiger partial charge in [-0.3, -0.25) is 4.79 Å². The molecular formula is C19H16N2O2S2. The van der Waals surface area contributed by atoms with Crippen molar-refractivity contribution in [1.29, 1.82) is 0 Å². The van der Waals surface area contributed by atoms with Gasteiger partial charge in [0.25, 0.3) is 5.91 Å². The lowest BCUT2D eigenvalue weighted by atomic mass is 10.1. The Morgan fingerprint density at radius 3 is 2.52 bits per heavy atom. The Morgan fingerprint density at radius 1 is 1.20 bits per heavy atom. The predicted molar refractivity (Wildman–Crippen MR) is 106 cm³/mol. The zero-order valence-electron chi connectivity index (χ0n) is 13.6. The summed E-state index contributed by atoms with van der Waals surface area (Å²) in [6, 6.07) is 14.6. The molecule has 1 N–H and O–H groups in total. The van der Waals surface area contributed by atoms with Crippen molar-refractivity contribution in [2.45, 2.75) is 13.1 Å². The van der Waals surface area contributed by atoms with Crippen molar-refractivity contribution in [2.75, 3.05) is 12.0 Å². The fraction of sp³-hybridized carbons (Fsp3) is 0.158. The van der Waals surface area contributed by atoms with Gasteiger partial charge >= 0.3 is 0 Å². The van der Waals surface area contributed by atoms with Crippen LogP contribution in [0.1, 0.15) is 16.7 Å². The van der Waals surface area contributed by atoms with E-state index in [0.717, 1.165) is 30.1 Å². The number of amides is 1. The van der Waals surface area contributed by atoms with Crippen LogP contribution in [0.25, 0.3) is 6.08 Å². The van der Waals surface area contributed by atoms with Crippen molar-refractivity contribution in [3.05, 3.63) is 64.1 Å². The number of methoxy groups -OCH3 is 1. The average Bonchev–Trinajstić information content (AvgIpc) is 3.18. The highest BCUT2D eigenvalue weighted by Gasteiger charge is 2.23. The summed E-state index contributed by atoms with van der Waals surface area (Å²) < 4.78 is 6.04. The third kappa shape index (κ3) is 3.15. The molecule has 0 saturated carbocycles. The summed E-state index contributed by atoms with van der Waals surface area (Å²) in [7, 11) is 1.65. The molecule has 2 aromatic carbocycles. The average molecular weight is 368 g/mol. The second-order valence-corrected chi connectivity index (χ2v) is 7.62. The molecule has 0 radical (unpaired) electrons. The predicted octanol–water partition coefficient (Wildman–Crippen LogP) is 3.70. The topological polar surface area (TPSA) is 41.6 Å². The molecule has 0 unspecified atom stereocenters. The van der Waals surface area contributed by atoms with E-state index in [1.807, 2.05) is 18.2 Å². The summed E-state index contributed by atoms with van der Waals surface area (Å²) in [5.41, 5.74) is 4.69. The van der Waals surface area contributed by atoms with Gasteiger partial charge in [-0.2, -0.15) is 0 Å². The lowest BCUT2D eigenvalue weighted by Crippen LogP contribution is -2.17. The fourth-order valence-electron chi connectivity index (χ4n) is 3.09. The highest BCUT2D eigenvalue weighted by molar-refractivity contribution is 8.26. The second kappa shape index (κ2) is 6.54. The van der Waals surface area contributed by atoms with Gasteiger partial charge < -0.3 is 15.0 Å². The molecule has 2 aromatic rings. The molecule has 1 saturated heterocycles. The molecule has 25 heavy (non-hydrogen) atoms. The quantitative estimate of drug-likeness (QED) is 0.661. The largest absolute Gasteiger partial charge is 0.496 e. The Kier molecular flexibility index (Phi) is 4.23. The molecule has 126 valence electrons. The third-order valence-corrected chi connectivity index (χ3v) is 5.51. The van der Waals surface area contributed by atoms with Gasteiger partial charge in [0, 0.05) is 30.4 Å². The summed E-state index contributed by atoms with van der Waals surface area (Å²) in [5.74, 6) is 0.586. The molecule has 4 nitrogen and oxygen atoms in total. The monoisotopic (exact) mass is 368 g/mol. The number of hydrogen-bond donors (Lipinski definition) is 1. The van der Waals surface area contributed by atoms with Crippen LogP contribution < -0.4 is 15.0 Å². The van der Waals surface area contributed by atoms with Gasteiger partial charge in [0.1, 0.15) is 10.1 Å². The fourth-order valence-corrected chi connectivity index (χ4v) is 4.13. The summed E-state index contributed by atoms with van der Waals surface area (Å²) in [4.78, 5) is 14.8. The normalized spacial score (nSPS) is 17.8. The molecule has 6 heteroatoms. The van der Waals surface area contributed by atoms with Gasteiger partial charge in [-0.15, -0.1) is 0 Å². The van der Waals surface area contributed by atoms with Crippen LogP contribution in [-0.2, 0) is 17.9 Å². The van der Waals surface area contributed by atoms with E-state index in [9.17, 15) is 4.79 Å². The first kappa shape index (κ1) is 16.2. The van der Waals surface area contributed by atoms with Crippen LogP contribution in [-0.4, -0.2) is 17.3 Å². The Morgan fingerprint density at radius 2 is 1.92 bits per heavy atom. The Labute approximate surface area is 155 Å².